The van der Waals surface area contributed by atoms with E-state index in [0.717, 1.165) is 22.7 Å². The summed E-state index contributed by atoms with van der Waals surface area (Å²) in [6, 6.07) is 3.41. The predicted octanol–water partition coefficient (Wildman–Crippen LogP) is 0.778. The number of carbonyl (C=O) groups excluding carboxylic acids is 1. The van der Waals surface area contributed by atoms with E-state index in [9.17, 15) is 4.79 Å². The Morgan fingerprint density at radius 1 is 1.55 bits per heavy atom. The van der Waals surface area contributed by atoms with E-state index in [4.69, 9.17) is 0 Å². The van der Waals surface area contributed by atoms with Crippen molar-refractivity contribution in [3.8, 4) is 0 Å². The van der Waals surface area contributed by atoms with Crippen LogP contribution in [0.15, 0.2) is 23.8 Å². The highest BCUT2D eigenvalue weighted by Gasteiger charge is 2.31. The molecule has 2 aromatic heterocycles. The Morgan fingerprint density at radius 3 is 3.20 bits per heavy atom. The van der Waals surface area contributed by atoms with Crippen LogP contribution in [0.3, 0.4) is 0 Å². The fraction of sp³-hybridized carbons (Fsp3) is 0.385. The second kappa shape index (κ2) is 5.64. The number of rotatable bonds is 3. The molecule has 1 amide bonds. The van der Waals surface area contributed by atoms with E-state index in [1.54, 1.807) is 18.8 Å². The number of likely N-dealkylation sites (N-methyl/N-ethyl adjacent to an activating group) is 1. The molecule has 0 saturated carbocycles. The molecule has 7 heteroatoms. The van der Waals surface area contributed by atoms with Gasteiger partial charge in [0.05, 0.1) is 28.3 Å². The second-order valence-corrected chi connectivity index (χ2v) is 5.50. The molecule has 0 saturated heterocycles. The summed E-state index contributed by atoms with van der Waals surface area (Å²) in [6.07, 6.45) is 2.41. The molecular formula is C13H15N5OS. The van der Waals surface area contributed by atoms with Crippen LogP contribution in [-0.2, 0) is 17.8 Å². The molecule has 3 heterocycles. The minimum Gasteiger partial charge on any atom is -0.335 e. The molecule has 0 bridgehead atoms. The first-order chi connectivity index (χ1) is 9.79. The molecule has 2 aromatic rings. The van der Waals surface area contributed by atoms with Crippen molar-refractivity contribution in [1.29, 1.82) is 0 Å². The molecule has 0 fully saturated rings. The molecule has 1 aliphatic heterocycles. The van der Waals surface area contributed by atoms with E-state index < -0.39 is 0 Å². The molecular weight excluding hydrogens is 274 g/mol. The summed E-state index contributed by atoms with van der Waals surface area (Å²) in [4.78, 5) is 19.8. The van der Waals surface area contributed by atoms with Gasteiger partial charge in [-0.2, -0.15) is 10.2 Å². The first-order valence-corrected chi connectivity index (χ1v) is 7.32. The van der Waals surface area contributed by atoms with E-state index in [-0.39, 0.29) is 11.9 Å². The quantitative estimate of drug-likeness (QED) is 0.904. The lowest BCUT2D eigenvalue weighted by Crippen LogP contribution is -2.38. The smallest absolute Gasteiger partial charge is 0.245 e. The highest BCUT2D eigenvalue weighted by molar-refractivity contribution is 7.10. The minimum absolute atomic E-state index is 0.0705. The van der Waals surface area contributed by atoms with Gasteiger partial charge in [-0.25, -0.2) is 4.98 Å². The molecule has 104 valence electrons. The van der Waals surface area contributed by atoms with Gasteiger partial charge < -0.3 is 10.2 Å². The number of carbonyl (C=O) groups is 1. The Morgan fingerprint density at radius 2 is 2.45 bits per heavy atom. The number of fused-ring (bicyclic) bond motifs is 1. The predicted molar refractivity (Wildman–Crippen MR) is 75.1 cm³/mol. The zero-order chi connectivity index (χ0) is 13.9. The first kappa shape index (κ1) is 13.1. The van der Waals surface area contributed by atoms with Crippen molar-refractivity contribution in [2.75, 3.05) is 13.6 Å². The molecule has 3 rings (SSSR count). The molecule has 0 spiro atoms. The number of hydrogen-bond donors (Lipinski definition) is 1. The first-order valence-electron chi connectivity index (χ1n) is 6.44. The van der Waals surface area contributed by atoms with Crippen LogP contribution in [0.1, 0.15) is 22.3 Å². The van der Waals surface area contributed by atoms with Gasteiger partial charge in [0.15, 0.2) is 0 Å². The summed E-state index contributed by atoms with van der Waals surface area (Å²) in [6.45, 7) is 1.14. The standard InChI is InChI=1S/C13H15N5OS/c1-14-11-12-10(15-8-20-12)4-6-18(13(11)19)7-9-3-2-5-16-17-9/h2-3,5,8,11,14H,4,6-7H2,1H3. The molecule has 1 aliphatic rings. The van der Waals surface area contributed by atoms with Crippen LogP contribution in [0.25, 0.3) is 0 Å². The summed E-state index contributed by atoms with van der Waals surface area (Å²) < 4.78 is 0. The highest BCUT2D eigenvalue weighted by atomic mass is 32.1. The fourth-order valence-corrected chi connectivity index (χ4v) is 3.31. The summed E-state index contributed by atoms with van der Waals surface area (Å²) in [5.41, 5.74) is 3.62. The van der Waals surface area contributed by atoms with E-state index in [0.29, 0.717) is 13.1 Å². The number of nitrogens with one attached hydrogen (secondary N) is 1. The lowest BCUT2D eigenvalue weighted by atomic mass is 10.2. The summed E-state index contributed by atoms with van der Waals surface area (Å²) in [7, 11) is 1.80. The zero-order valence-corrected chi connectivity index (χ0v) is 11.9. The van der Waals surface area contributed by atoms with Gasteiger partial charge in [0.1, 0.15) is 6.04 Å². The van der Waals surface area contributed by atoms with Crippen LogP contribution < -0.4 is 5.32 Å². The minimum atomic E-state index is -0.309. The van der Waals surface area contributed by atoms with Gasteiger partial charge in [0, 0.05) is 19.2 Å². The topological polar surface area (TPSA) is 71.0 Å². The van der Waals surface area contributed by atoms with Crippen LogP contribution in [-0.4, -0.2) is 39.6 Å². The maximum atomic E-state index is 12.6. The number of nitrogens with zero attached hydrogens (tertiary/aromatic N) is 4. The van der Waals surface area contributed by atoms with Gasteiger partial charge >= 0.3 is 0 Å². The number of hydrogen-bond acceptors (Lipinski definition) is 6. The molecule has 1 N–H and O–H groups in total. The average molecular weight is 289 g/mol. The van der Waals surface area contributed by atoms with E-state index >= 15 is 0 Å². The van der Waals surface area contributed by atoms with E-state index in [1.165, 1.54) is 11.3 Å². The highest BCUT2D eigenvalue weighted by Crippen LogP contribution is 2.27. The second-order valence-electron chi connectivity index (χ2n) is 4.61. The Balaban J connectivity index is 1.84. The van der Waals surface area contributed by atoms with Crippen molar-refractivity contribution >= 4 is 17.2 Å². The van der Waals surface area contributed by atoms with Crippen LogP contribution in [0.5, 0.6) is 0 Å². The van der Waals surface area contributed by atoms with Crippen molar-refractivity contribution in [3.63, 3.8) is 0 Å². The van der Waals surface area contributed by atoms with Crippen molar-refractivity contribution < 1.29 is 4.79 Å². The van der Waals surface area contributed by atoms with E-state index in [1.807, 2.05) is 17.0 Å². The monoisotopic (exact) mass is 289 g/mol. The zero-order valence-electron chi connectivity index (χ0n) is 11.1. The van der Waals surface area contributed by atoms with Crippen molar-refractivity contribution in [1.82, 2.24) is 25.4 Å². The molecule has 1 unspecified atom stereocenters. The van der Waals surface area contributed by atoms with Crippen molar-refractivity contribution in [3.05, 3.63) is 40.1 Å². The van der Waals surface area contributed by atoms with Gasteiger partial charge in [0.2, 0.25) is 5.91 Å². The Kier molecular flexibility index (Phi) is 3.70. The molecule has 1 atom stereocenters. The Hall–Kier alpha value is -1.86. The third-order valence-corrected chi connectivity index (χ3v) is 4.32. The third kappa shape index (κ3) is 2.41. The van der Waals surface area contributed by atoms with Crippen LogP contribution in [0.4, 0.5) is 0 Å². The number of thiazole rings is 1. The van der Waals surface area contributed by atoms with Gasteiger partial charge in [-0.05, 0) is 19.2 Å². The fourth-order valence-electron chi connectivity index (χ4n) is 2.37. The summed E-state index contributed by atoms with van der Waals surface area (Å²) in [5, 5.41) is 11.0. The third-order valence-electron chi connectivity index (χ3n) is 3.38. The average Bonchev–Trinajstić information content (AvgIpc) is 2.89. The van der Waals surface area contributed by atoms with Gasteiger partial charge in [-0.15, -0.1) is 11.3 Å². The molecule has 0 aromatic carbocycles. The SMILES string of the molecule is CNC1C(=O)N(Cc2cccnn2)CCc2ncsc21. The van der Waals surface area contributed by atoms with Crippen LogP contribution in [0.2, 0.25) is 0 Å². The number of aromatic nitrogens is 3. The van der Waals surface area contributed by atoms with Gasteiger partial charge in [-0.3, -0.25) is 4.79 Å². The molecule has 0 radical (unpaired) electrons. The van der Waals surface area contributed by atoms with Crippen LogP contribution >= 0.6 is 11.3 Å². The molecule has 0 aliphatic carbocycles. The largest absolute Gasteiger partial charge is 0.335 e. The molecule has 6 nitrogen and oxygen atoms in total. The summed E-state index contributed by atoms with van der Waals surface area (Å²) in [5.74, 6) is 0.0705. The van der Waals surface area contributed by atoms with Crippen molar-refractivity contribution in [2.24, 2.45) is 0 Å². The van der Waals surface area contributed by atoms with Crippen molar-refractivity contribution in [2.45, 2.75) is 19.0 Å². The summed E-state index contributed by atoms with van der Waals surface area (Å²) >= 11 is 1.53. The van der Waals surface area contributed by atoms with E-state index in [2.05, 4.69) is 20.5 Å². The number of amides is 1. The maximum Gasteiger partial charge on any atom is 0.245 e. The Labute approximate surface area is 120 Å². The van der Waals surface area contributed by atoms with Gasteiger partial charge in [0.25, 0.3) is 0 Å². The normalized spacial score (nSPS) is 18.8. The lowest BCUT2D eigenvalue weighted by molar-refractivity contribution is -0.133. The molecule has 20 heavy (non-hydrogen) atoms. The lowest BCUT2D eigenvalue weighted by Gasteiger charge is -2.23. The van der Waals surface area contributed by atoms with Crippen LogP contribution in [0, 0.1) is 0 Å². The van der Waals surface area contributed by atoms with Gasteiger partial charge in [-0.1, -0.05) is 0 Å². The Bertz CT molecular complexity index is 600. The maximum absolute atomic E-state index is 12.6.